The van der Waals surface area contributed by atoms with Crippen molar-refractivity contribution >= 4 is 38.9 Å². The molecule has 158 valence electrons. The molecular formula is C21H22N2O5S2. The lowest BCUT2D eigenvalue weighted by Gasteiger charge is -2.12. The monoisotopic (exact) mass is 446 g/mol. The minimum Gasteiger partial charge on any atom is -0.504 e. The third-order valence-corrected chi connectivity index (χ3v) is 6.94. The Kier molecular flexibility index (Phi) is 6.52. The highest BCUT2D eigenvalue weighted by molar-refractivity contribution is 8.19. The van der Waals surface area contributed by atoms with Crippen molar-refractivity contribution in [3.8, 4) is 11.5 Å². The van der Waals surface area contributed by atoms with E-state index in [-0.39, 0.29) is 34.0 Å². The Morgan fingerprint density at radius 2 is 1.87 bits per heavy atom. The number of aryl methyl sites for hydroxylation is 1. The van der Waals surface area contributed by atoms with E-state index in [4.69, 9.17) is 4.74 Å². The lowest BCUT2D eigenvalue weighted by atomic mass is 10.2. The fourth-order valence-electron chi connectivity index (χ4n) is 2.84. The third kappa shape index (κ3) is 4.52. The average Bonchev–Trinajstić information content (AvgIpc) is 3.02. The number of rotatable bonds is 6. The van der Waals surface area contributed by atoms with E-state index in [0.29, 0.717) is 10.5 Å². The Balaban J connectivity index is 1.95. The van der Waals surface area contributed by atoms with Gasteiger partial charge in [-0.1, -0.05) is 25.1 Å². The second-order valence-electron chi connectivity index (χ2n) is 6.44. The number of amides is 1. The lowest BCUT2D eigenvalue weighted by Crippen LogP contribution is -2.29. The molecule has 7 nitrogen and oxygen atoms in total. The van der Waals surface area contributed by atoms with Gasteiger partial charge in [0, 0.05) is 6.54 Å². The molecule has 9 heteroatoms. The van der Waals surface area contributed by atoms with Crippen LogP contribution in [0.1, 0.15) is 25.0 Å². The summed E-state index contributed by atoms with van der Waals surface area (Å²) in [5.41, 5.74) is 1.66. The first-order chi connectivity index (χ1) is 14.3. The smallest absolute Gasteiger partial charge is 0.284 e. The number of carbonyl (C=O) groups excluding carboxylic acids is 1. The minimum absolute atomic E-state index is 0.0114. The van der Waals surface area contributed by atoms with Crippen molar-refractivity contribution in [1.82, 2.24) is 4.90 Å². The quantitative estimate of drug-likeness (QED) is 0.681. The van der Waals surface area contributed by atoms with E-state index in [2.05, 4.69) is 4.40 Å². The fraction of sp³-hybridized carbons (Fsp3) is 0.238. The van der Waals surface area contributed by atoms with Crippen LogP contribution in [0.15, 0.2) is 56.7 Å². The van der Waals surface area contributed by atoms with Crippen LogP contribution in [0, 0.1) is 0 Å². The topological polar surface area (TPSA) is 96.3 Å². The summed E-state index contributed by atoms with van der Waals surface area (Å²) in [6, 6.07) is 11.2. The summed E-state index contributed by atoms with van der Waals surface area (Å²) in [6.07, 6.45) is 2.42. The zero-order valence-electron chi connectivity index (χ0n) is 16.8. The number of sulfonamides is 1. The highest BCUT2D eigenvalue weighted by atomic mass is 32.2. The molecule has 1 N–H and O–H groups in total. The third-order valence-electron chi connectivity index (χ3n) is 4.53. The highest BCUT2D eigenvalue weighted by Crippen LogP contribution is 2.35. The van der Waals surface area contributed by atoms with Crippen molar-refractivity contribution in [1.29, 1.82) is 0 Å². The van der Waals surface area contributed by atoms with Crippen LogP contribution in [0.5, 0.6) is 11.5 Å². The predicted octanol–water partition coefficient (Wildman–Crippen LogP) is 3.64. The van der Waals surface area contributed by atoms with E-state index in [1.165, 1.54) is 30.2 Å². The maximum absolute atomic E-state index is 12.8. The molecule has 0 radical (unpaired) electrons. The molecule has 2 aromatic rings. The molecule has 1 fully saturated rings. The lowest BCUT2D eigenvalue weighted by molar-refractivity contribution is -0.122. The molecule has 30 heavy (non-hydrogen) atoms. The first-order valence-electron chi connectivity index (χ1n) is 9.31. The van der Waals surface area contributed by atoms with E-state index in [1.54, 1.807) is 37.3 Å². The fourth-order valence-corrected chi connectivity index (χ4v) is 5.09. The van der Waals surface area contributed by atoms with Gasteiger partial charge in [0.15, 0.2) is 16.7 Å². The molecule has 0 unspecified atom stereocenters. The number of carbonyl (C=O) groups is 1. The van der Waals surface area contributed by atoms with Gasteiger partial charge in [-0.15, -0.1) is 4.40 Å². The van der Waals surface area contributed by atoms with E-state index in [9.17, 15) is 18.3 Å². The Hall–Kier alpha value is -2.78. The largest absolute Gasteiger partial charge is 0.504 e. The predicted molar refractivity (Wildman–Crippen MR) is 118 cm³/mol. The number of benzene rings is 2. The molecule has 3 rings (SSSR count). The van der Waals surface area contributed by atoms with Crippen molar-refractivity contribution in [2.24, 2.45) is 4.40 Å². The molecule has 1 saturated heterocycles. The van der Waals surface area contributed by atoms with Gasteiger partial charge < -0.3 is 9.84 Å². The molecule has 0 saturated carbocycles. The van der Waals surface area contributed by atoms with Gasteiger partial charge in [-0.05, 0) is 66.6 Å². The second-order valence-corrected chi connectivity index (χ2v) is 9.05. The van der Waals surface area contributed by atoms with Gasteiger partial charge in [0.25, 0.3) is 15.9 Å². The van der Waals surface area contributed by atoms with Gasteiger partial charge in [0.2, 0.25) is 0 Å². The molecule has 1 amide bonds. The summed E-state index contributed by atoms with van der Waals surface area (Å²) < 4.78 is 34.5. The van der Waals surface area contributed by atoms with Crippen LogP contribution in [0.3, 0.4) is 0 Å². The minimum atomic E-state index is -3.95. The van der Waals surface area contributed by atoms with Crippen molar-refractivity contribution < 1.29 is 23.1 Å². The Labute approximate surface area is 180 Å². The Morgan fingerprint density at radius 3 is 2.47 bits per heavy atom. The number of aromatic hydroxyl groups is 1. The maximum Gasteiger partial charge on any atom is 0.284 e. The highest BCUT2D eigenvalue weighted by Gasteiger charge is 2.34. The average molecular weight is 447 g/mol. The summed E-state index contributed by atoms with van der Waals surface area (Å²) >= 11 is 0.998. The molecule has 1 aliphatic heterocycles. The number of hydrogen-bond acceptors (Lipinski definition) is 6. The Bertz CT molecular complexity index is 1120. The molecule has 0 aliphatic carbocycles. The van der Waals surface area contributed by atoms with Crippen LogP contribution in [0.4, 0.5) is 0 Å². The van der Waals surface area contributed by atoms with E-state index in [1.807, 2.05) is 6.92 Å². The molecule has 0 aromatic heterocycles. The van der Waals surface area contributed by atoms with Crippen LogP contribution in [-0.2, 0) is 21.2 Å². The molecule has 0 bridgehead atoms. The van der Waals surface area contributed by atoms with E-state index >= 15 is 0 Å². The number of methoxy groups -OCH3 is 1. The van der Waals surface area contributed by atoms with Gasteiger partial charge in [0.1, 0.15) is 0 Å². The van der Waals surface area contributed by atoms with Gasteiger partial charge in [-0.3, -0.25) is 9.69 Å². The number of phenolic OH excluding ortho intramolecular Hbond substituents is 1. The first kappa shape index (κ1) is 21.9. The molecular weight excluding hydrogens is 424 g/mol. The summed E-state index contributed by atoms with van der Waals surface area (Å²) in [5.74, 6) is -0.0633. The SMILES string of the molecule is CCc1ccc(S(=O)(=O)N=C2S/C(=C\c3ccc(O)c(OC)c3)C(=O)N2CC)cc1. The number of ether oxygens (including phenoxy) is 1. The first-order valence-corrected chi connectivity index (χ1v) is 11.6. The van der Waals surface area contributed by atoms with Crippen LogP contribution in [-0.4, -0.2) is 43.2 Å². The number of likely N-dealkylation sites (N-methyl/N-ethyl adjacent to an activating group) is 1. The summed E-state index contributed by atoms with van der Waals surface area (Å²) in [6.45, 7) is 4.02. The summed E-state index contributed by atoms with van der Waals surface area (Å²) in [5, 5.41) is 9.84. The Morgan fingerprint density at radius 1 is 1.17 bits per heavy atom. The standard InChI is InChI=1S/C21H22N2O5S2/c1-4-14-6-9-16(10-7-14)30(26,27)22-21-23(5-2)20(25)19(29-21)13-15-8-11-17(24)18(12-15)28-3/h6-13,24H,4-5H2,1-3H3/b19-13-,22-21?. The summed E-state index contributed by atoms with van der Waals surface area (Å²) in [7, 11) is -2.52. The zero-order chi connectivity index (χ0) is 21.9. The van der Waals surface area contributed by atoms with Crippen molar-refractivity contribution in [2.45, 2.75) is 25.2 Å². The molecule has 1 heterocycles. The van der Waals surface area contributed by atoms with Gasteiger partial charge in [0.05, 0.1) is 16.9 Å². The normalized spacial score (nSPS) is 17.2. The number of amidine groups is 1. The summed E-state index contributed by atoms with van der Waals surface area (Å²) in [4.78, 5) is 14.5. The van der Waals surface area contributed by atoms with Crippen LogP contribution >= 0.6 is 11.8 Å². The van der Waals surface area contributed by atoms with Crippen molar-refractivity contribution in [2.75, 3.05) is 13.7 Å². The van der Waals surface area contributed by atoms with Gasteiger partial charge in [-0.25, -0.2) is 0 Å². The van der Waals surface area contributed by atoms with Crippen molar-refractivity contribution in [3.63, 3.8) is 0 Å². The van der Waals surface area contributed by atoms with Gasteiger partial charge in [-0.2, -0.15) is 8.42 Å². The van der Waals surface area contributed by atoms with Crippen molar-refractivity contribution in [3.05, 3.63) is 58.5 Å². The zero-order valence-corrected chi connectivity index (χ0v) is 18.5. The van der Waals surface area contributed by atoms with E-state index in [0.717, 1.165) is 23.7 Å². The van der Waals surface area contributed by atoms with E-state index < -0.39 is 10.0 Å². The second kappa shape index (κ2) is 8.93. The number of nitrogens with zero attached hydrogens (tertiary/aromatic N) is 2. The number of phenols is 1. The molecule has 0 spiro atoms. The molecule has 2 aromatic carbocycles. The van der Waals surface area contributed by atoms with Gasteiger partial charge >= 0.3 is 0 Å². The number of hydrogen-bond donors (Lipinski definition) is 1. The van der Waals surface area contributed by atoms with Crippen LogP contribution in [0.25, 0.3) is 6.08 Å². The molecule has 0 atom stereocenters. The van der Waals surface area contributed by atoms with Crippen LogP contribution in [0.2, 0.25) is 0 Å². The maximum atomic E-state index is 12.8. The molecule has 1 aliphatic rings. The van der Waals surface area contributed by atoms with Crippen LogP contribution < -0.4 is 4.74 Å². The number of thioether (sulfide) groups is 1.